The lowest BCUT2D eigenvalue weighted by atomic mass is 10.2. The van der Waals surface area contributed by atoms with Gasteiger partial charge in [-0.2, -0.15) is 13.2 Å². The monoisotopic (exact) mass is 478 g/mol. The van der Waals surface area contributed by atoms with Gasteiger partial charge in [0.25, 0.3) is 5.91 Å². The molecule has 0 spiro atoms. The molecule has 0 saturated carbocycles. The van der Waals surface area contributed by atoms with Crippen LogP contribution < -0.4 is 10.1 Å². The Morgan fingerprint density at radius 1 is 1.09 bits per heavy atom. The third-order valence-corrected chi connectivity index (χ3v) is 5.34. The highest BCUT2D eigenvalue weighted by molar-refractivity contribution is 7.09. The second kappa shape index (κ2) is 10.5. The molecule has 1 N–H and O–H groups in total. The van der Waals surface area contributed by atoms with Crippen LogP contribution in [0.25, 0.3) is 0 Å². The van der Waals surface area contributed by atoms with Crippen LogP contribution in [0.15, 0.2) is 53.9 Å². The molecule has 0 aliphatic rings. The van der Waals surface area contributed by atoms with E-state index in [2.05, 4.69) is 10.3 Å². The molecule has 0 radical (unpaired) electrons. The van der Waals surface area contributed by atoms with Crippen molar-refractivity contribution in [2.45, 2.75) is 39.2 Å². The Kier molecular flexibility index (Phi) is 7.70. The van der Waals surface area contributed by atoms with Gasteiger partial charge in [-0.15, -0.1) is 11.3 Å². The highest BCUT2D eigenvalue weighted by Gasteiger charge is 2.30. The zero-order valence-corrected chi connectivity index (χ0v) is 18.6. The summed E-state index contributed by atoms with van der Waals surface area (Å²) in [5, 5.41) is 4.81. The predicted octanol–water partition coefficient (Wildman–Crippen LogP) is 5.16. The van der Waals surface area contributed by atoms with Crippen LogP contribution in [0.3, 0.4) is 0 Å². The number of alkyl halides is 3. The molecule has 2 aromatic carbocycles. The number of amides is 1. The summed E-state index contributed by atoms with van der Waals surface area (Å²) >= 11 is 1.34. The van der Waals surface area contributed by atoms with Gasteiger partial charge in [-0.3, -0.25) is 9.59 Å². The molecule has 1 unspecified atom stereocenters. The molecule has 1 atom stereocenters. The number of rotatable bonds is 8. The summed E-state index contributed by atoms with van der Waals surface area (Å²) in [6, 6.07) is 11.6. The van der Waals surface area contributed by atoms with Crippen molar-refractivity contribution in [2.24, 2.45) is 0 Å². The molecule has 1 aromatic heterocycles. The average Bonchev–Trinajstić information content (AvgIpc) is 3.20. The Balaban J connectivity index is 1.46. The first-order valence-corrected chi connectivity index (χ1v) is 10.8. The maximum atomic E-state index is 12.6. The number of carbonyl (C=O) groups is 2. The third kappa shape index (κ3) is 7.31. The van der Waals surface area contributed by atoms with Crippen molar-refractivity contribution in [1.29, 1.82) is 0 Å². The van der Waals surface area contributed by atoms with E-state index in [0.29, 0.717) is 16.5 Å². The van der Waals surface area contributed by atoms with Gasteiger partial charge in [0.1, 0.15) is 17.4 Å². The van der Waals surface area contributed by atoms with Crippen LogP contribution in [-0.2, 0) is 33.5 Å². The number of hydrogen-bond donors (Lipinski definition) is 1. The number of aryl methyl sites for hydroxylation is 1. The number of hydrogen-bond acceptors (Lipinski definition) is 6. The maximum absolute atomic E-state index is 12.6. The highest BCUT2D eigenvalue weighted by Crippen LogP contribution is 2.29. The zero-order valence-electron chi connectivity index (χ0n) is 17.8. The van der Waals surface area contributed by atoms with Crippen molar-refractivity contribution in [3.05, 3.63) is 75.7 Å². The molecule has 1 heterocycles. The van der Waals surface area contributed by atoms with E-state index in [0.717, 1.165) is 29.8 Å². The fourth-order valence-electron chi connectivity index (χ4n) is 2.70. The molecule has 10 heteroatoms. The van der Waals surface area contributed by atoms with E-state index in [1.54, 1.807) is 5.38 Å². The summed E-state index contributed by atoms with van der Waals surface area (Å²) in [5.74, 6) is -0.598. The summed E-state index contributed by atoms with van der Waals surface area (Å²) in [4.78, 5) is 28.7. The number of nitrogens with one attached hydrogen (secondary N) is 1. The highest BCUT2D eigenvalue weighted by atomic mass is 32.1. The number of ether oxygens (including phenoxy) is 2. The van der Waals surface area contributed by atoms with Crippen molar-refractivity contribution >= 4 is 28.9 Å². The number of nitrogens with zero attached hydrogens (tertiary/aromatic N) is 1. The molecule has 0 fully saturated rings. The van der Waals surface area contributed by atoms with Crippen molar-refractivity contribution in [2.75, 3.05) is 5.32 Å². The number of benzene rings is 2. The van der Waals surface area contributed by atoms with Crippen LogP contribution in [0.5, 0.6) is 5.75 Å². The van der Waals surface area contributed by atoms with Crippen LogP contribution in [-0.4, -0.2) is 23.0 Å². The van der Waals surface area contributed by atoms with Gasteiger partial charge in [0, 0.05) is 11.1 Å². The van der Waals surface area contributed by atoms with Crippen molar-refractivity contribution in [3.8, 4) is 5.75 Å². The fraction of sp³-hybridized carbons (Fsp3) is 0.261. The zero-order chi connectivity index (χ0) is 24.0. The minimum atomic E-state index is -4.46. The van der Waals surface area contributed by atoms with Crippen LogP contribution in [0, 0.1) is 6.92 Å². The molecule has 3 rings (SSSR count). The normalized spacial score (nSPS) is 12.2. The first-order chi connectivity index (χ1) is 15.6. The number of anilines is 1. The van der Waals surface area contributed by atoms with Crippen LogP contribution in [0.4, 0.5) is 18.9 Å². The predicted molar refractivity (Wildman–Crippen MR) is 117 cm³/mol. The first-order valence-electron chi connectivity index (χ1n) is 9.90. The van der Waals surface area contributed by atoms with Gasteiger partial charge in [-0.05, 0) is 50.2 Å². The van der Waals surface area contributed by atoms with Crippen molar-refractivity contribution < 1.29 is 32.2 Å². The summed E-state index contributed by atoms with van der Waals surface area (Å²) in [7, 11) is 0. The average molecular weight is 478 g/mol. The third-order valence-electron chi connectivity index (χ3n) is 4.47. The molecule has 33 heavy (non-hydrogen) atoms. The molecule has 0 saturated heterocycles. The second-order valence-corrected chi connectivity index (χ2v) is 8.15. The minimum absolute atomic E-state index is 0.126. The molecular formula is C23H21F3N2O4S. The second-order valence-electron chi connectivity index (χ2n) is 7.21. The van der Waals surface area contributed by atoms with Crippen molar-refractivity contribution in [3.63, 3.8) is 0 Å². The quantitative estimate of drug-likeness (QED) is 0.453. The lowest BCUT2D eigenvalue weighted by Gasteiger charge is -2.14. The van der Waals surface area contributed by atoms with Gasteiger partial charge < -0.3 is 14.8 Å². The molecular weight excluding hydrogens is 457 g/mol. The van der Waals surface area contributed by atoms with E-state index in [1.807, 2.05) is 31.2 Å². The van der Waals surface area contributed by atoms with E-state index >= 15 is 0 Å². The standard InChI is InChI=1S/C23H21F3N2O4S/c1-14-3-9-19(10-4-14)31-12-20-27-18(13-33-20)11-21(29)32-15(2)22(30)28-17-7-5-16(6-8-17)23(24,25)26/h3-10,13,15H,11-12H2,1-2H3,(H,28,30). The van der Waals surface area contributed by atoms with Gasteiger partial charge in [-0.1, -0.05) is 17.7 Å². The molecule has 6 nitrogen and oxygen atoms in total. The maximum Gasteiger partial charge on any atom is 0.416 e. The summed E-state index contributed by atoms with van der Waals surface area (Å²) < 4.78 is 48.6. The Bertz CT molecular complexity index is 1100. The number of aromatic nitrogens is 1. The molecule has 0 aliphatic carbocycles. The van der Waals surface area contributed by atoms with Gasteiger partial charge in [-0.25, -0.2) is 4.98 Å². The lowest BCUT2D eigenvalue weighted by molar-refractivity contribution is -0.152. The van der Waals surface area contributed by atoms with Crippen LogP contribution in [0.2, 0.25) is 0 Å². The van der Waals surface area contributed by atoms with Crippen molar-refractivity contribution in [1.82, 2.24) is 4.98 Å². The fourth-order valence-corrected chi connectivity index (χ4v) is 3.41. The summed E-state index contributed by atoms with van der Waals surface area (Å²) in [6.45, 7) is 3.61. The Morgan fingerprint density at radius 2 is 1.76 bits per heavy atom. The molecule has 3 aromatic rings. The summed E-state index contributed by atoms with van der Waals surface area (Å²) in [5.41, 5.74) is 0.947. The smallest absolute Gasteiger partial charge is 0.416 e. The number of halogens is 3. The summed E-state index contributed by atoms with van der Waals surface area (Å²) in [6.07, 6.45) is -5.73. The first kappa shape index (κ1) is 24.2. The van der Waals surface area contributed by atoms with E-state index in [-0.39, 0.29) is 18.7 Å². The topological polar surface area (TPSA) is 77.5 Å². The molecule has 1 amide bonds. The SMILES string of the molecule is Cc1ccc(OCc2nc(CC(=O)OC(C)C(=O)Nc3ccc(C(F)(F)F)cc3)cs2)cc1. The number of thiazole rings is 1. The number of carbonyl (C=O) groups excluding carboxylic acids is 2. The largest absolute Gasteiger partial charge is 0.486 e. The molecule has 174 valence electrons. The van der Waals surface area contributed by atoms with E-state index in [4.69, 9.17) is 9.47 Å². The Morgan fingerprint density at radius 3 is 2.39 bits per heavy atom. The van der Waals surface area contributed by atoms with Crippen LogP contribution in [0.1, 0.15) is 28.8 Å². The van der Waals surface area contributed by atoms with Crippen LogP contribution >= 0.6 is 11.3 Å². The van der Waals surface area contributed by atoms with Gasteiger partial charge in [0.05, 0.1) is 17.7 Å². The van der Waals surface area contributed by atoms with Gasteiger partial charge >= 0.3 is 12.1 Å². The molecule has 0 aliphatic heterocycles. The molecule has 0 bridgehead atoms. The van der Waals surface area contributed by atoms with Gasteiger partial charge in [0.2, 0.25) is 0 Å². The Labute approximate surface area is 192 Å². The van der Waals surface area contributed by atoms with E-state index in [1.165, 1.54) is 18.3 Å². The lowest BCUT2D eigenvalue weighted by Crippen LogP contribution is -2.30. The minimum Gasteiger partial charge on any atom is -0.486 e. The Hall–Kier alpha value is -3.40. The van der Waals surface area contributed by atoms with E-state index < -0.39 is 29.7 Å². The van der Waals surface area contributed by atoms with E-state index in [9.17, 15) is 22.8 Å². The van der Waals surface area contributed by atoms with Gasteiger partial charge in [0.15, 0.2) is 6.10 Å². The number of esters is 1.